The van der Waals surface area contributed by atoms with E-state index in [9.17, 15) is 5.11 Å². The van der Waals surface area contributed by atoms with E-state index in [1.807, 2.05) is 23.9 Å². The third-order valence-electron chi connectivity index (χ3n) is 10.2. The predicted molar refractivity (Wildman–Crippen MR) is 170 cm³/mol. The summed E-state index contributed by atoms with van der Waals surface area (Å²) in [6.45, 7) is 4.33. The maximum atomic E-state index is 10.6. The van der Waals surface area contributed by atoms with Crippen molar-refractivity contribution in [3.8, 4) is 11.5 Å². The van der Waals surface area contributed by atoms with E-state index < -0.39 is 6.10 Å². The molecule has 220 valence electrons. The first-order chi connectivity index (χ1) is 20.3. The molecule has 0 radical (unpaired) electrons. The Labute approximate surface area is 253 Å². The first-order valence-electron chi connectivity index (χ1n) is 15.1. The van der Waals surface area contributed by atoms with Crippen molar-refractivity contribution in [3.05, 3.63) is 83.9 Å². The predicted octanol–water partition coefficient (Wildman–Crippen LogP) is 5.74. The summed E-state index contributed by atoms with van der Waals surface area (Å²) in [5.41, 5.74) is 5.25. The van der Waals surface area contributed by atoms with E-state index in [4.69, 9.17) is 9.47 Å². The molecule has 3 aromatic rings. The van der Waals surface area contributed by atoms with Crippen LogP contribution in [-0.4, -0.2) is 80.5 Å². The van der Waals surface area contributed by atoms with E-state index >= 15 is 0 Å². The van der Waals surface area contributed by atoms with Crippen molar-refractivity contribution >= 4 is 23.1 Å². The number of para-hydroxylation sites is 2. The van der Waals surface area contributed by atoms with Gasteiger partial charge in [0, 0.05) is 45.3 Å². The summed E-state index contributed by atoms with van der Waals surface area (Å²) in [7, 11) is 8.19. The standard InChI is InChI=1S/C18H21NO3.C17H20N2S/c1-19-8-7-18-11-4-5-13(20)17(18)22-16-14(21-2)6-3-10(15(16)18)9-12(11)19;1-13(18(2)3)12-19-14-8-4-6-10-16(14)20-17-11-7-5-9-15(17)19/h3-6,11-13,17,20H,7-9H2,1-2H3;4-11,13H,12H2,1-3H3/t11-,12+,13-,17-,18-;/m0./s1. The van der Waals surface area contributed by atoms with Crippen LogP contribution in [0.2, 0.25) is 0 Å². The van der Waals surface area contributed by atoms with Crippen molar-refractivity contribution in [2.24, 2.45) is 5.92 Å². The number of nitrogens with zero attached hydrogens (tertiary/aromatic N) is 3. The largest absolute Gasteiger partial charge is 0.493 e. The number of ether oxygens (including phenoxy) is 2. The number of hydrogen-bond acceptors (Lipinski definition) is 7. The molecule has 42 heavy (non-hydrogen) atoms. The Morgan fingerprint density at radius 3 is 2.40 bits per heavy atom. The number of rotatable bonds is 4. The van der Waals surface area contributed by atoms with Gasteiger partial charge in [0.05, 0.1) is 18.5 Å². The molecule has 2 aliphatic carbocycles. The lowest BCUT2D eigenvalue weighted by molar-refractivity contribution is -0.0453. The number of likely N-dealkylation sites (tertiary alicyclic amines) is 1. The van der Waals surface area contributed by atoms with Crippen molar-refractivity contribution < 1.29 is 14.6 Å². The second-order valence-electron chi connectivity index (χ2n) is 12.6. The molecule has 0 saturated carbocycles. The van der Waals surface area contributed by atoms with Gasteiger partial charge in [0.15, 0.2) is 11.5 Å². The van der Waals surface area contributed by atoms with Crippen LogP contribution in [0.15, 0.2) is 82.6 Å². The average molecular weight is 584 g/mol. The van der Waals surface area contributed by atoms with Crippen molar-refractivity contribution in [2.45, 2.75) is 59.3 Å². The average Bonchev–Trinajstić information content (AvgIpc) is 3.36. The number of methoxy groups -OCH3 is 1. The van der Waals surface area contributed by atoms with Crippen LogP contribution in [0.5, 0.6) is 11.5 Å². The molecule has 3 heterocycles. The number of piperidine rings is 1. The number of likely N-dealkylation sites (N-methyl/N-ethyl adjacent to an activating group) is 2. The van der Waals surface area contributed by atoms with Gasteiger partial charge in [-0.15, -0.1) is 0 Å². The van der Waals surface area contributed by atoms with Crippen molar-refractivity contribution in [1.29, 1.82) is 0 Å². The first-order valence-corrected chi connectivity index (χ1v) is 15.9. The first kappa shape index (κ1) is 27.8. The van der Waals surface area contributed by atoms with Gasteiger partial charge in [0.25, 0.3) is 0 Å². The van der Waals surface area contributed by atoms with Crippen molar-refractivity contribution in [2.75, 3.05) is 46.2 Å². The molecular formula is C35H41N3O3S. The molecule has 6 atom stereocenters. The molecule has 1 spiro atoms. The Morgan fingerprint density at radius 2 is 1.74 bits per heavy atom. The number of hydrogen-bond donors (Lipinski definition) is 1. The van der Waals surface area contributed by atoms with Crippen LogP contribution in [0.25, 0.3) is 0 Å². The fourth-order valence-corrected chi connectivity index (χ4v) is 8.89. The molecule has 2 bridgehead atoms. The maximum absolute atomic E-state index is 10.6. The molecule has 0 amide bonds. The van der Waals surface area contributed by atoms with E-state index in [2.05, 4.69) is 103 Å². The summed E-state index contributed by atoms with van der Waals surface area (Å²) in [6.07, 6.45) is 5.54. The SMILES string of the molecule is CC(CN1c2ccccc2Sc2ccccc21)N(C)C.COc1ccc2c3c1O[C@H]1[C@@H](O)C=C[C@H]4[C@@H](C2)N(C)CC[C@@]341. The van der Waals surface area contributed by atoms with Crippen LogP contribution in [0.1, 0.15) is 24.5 Å². The molecule has 1 unspecified atom stereocenters. The highest BCUT2D eigenvalue weighted by Crippen LogP contribution is 2.62. The fourth-order valence-electron chi connectivity index (χ4n) is 7.79. The minimum absolute atomic E-state index is 0.0806. The Bertz CT molecular complexity index is 1480. The zero-order chi connectivity index (χ0) is 29.2. The quantitative estimate of drug-likeness (QED) is 0.393. The summed E-state index contributed by atoms with van der Waals surface area (Å²) >= 11 is 1.87. The number of anilines is 2. The fraction of sp³-hybridized carbons (Fsp3) is 0.429. The molecule has 3 aromatic carbocycles. The van der Waals surface area contributed by atoms with E-state index in [1.165, 1.54) is 32.3 Å². The third-order valence-corrected chi connectivity index (χ3v) is 11.3. The van der Waals surface area contributed by atoms with Crippen molar-refractivity contribution in [3.63, 3.8) is 0 Å². The van der Waals surface area contributed by atoms with Crippen LogP contribution in [-0.2, 0) is 11.8 Å². The molecular weight excluding hydrogens is 542 g/mol. The summed E-state index contributed by atoms with van der Waals surface area (Å²) in [5, 5.41) is 10.6. The summed E-state index contributed by atoms with van der Waals surface area (Å²) in [6, 6.07) is 22.6. The molecule has 5 aliphatic rings. The van der Waals surface area contributed by atoms with E-state index in [1.54, 1.807) is 7.11 Å². The Kier molecular flexibility index (Phi) is 7.05. The minimum atomic E-state index is -0.539. The second-order valence-corrected chi connectivity index (χ2v) is 13.7. The minimum Gasteiger partial charge on any atom is -0.493 e. The van der Waals surface area contributed by atoms with Crippen molar-refractivity contribution in [1.82, 2.24) is 9.80 Å². The summed E-state index contributed by atoms with van der Waals surface area (Å²) in [5.74, 6) is 2.09. The van der Waals surface area contributed by atoms with Gasteiger partial charge in [-0.05, 0) is 83.3 Å². The van der Waals surface area contributed by atoms with Gasteiger partial charge < -0.3 is 29.3 Å². The number of benzene rings is 3. The zero-order valence-electron chi connectivity index (χ0n) is 25.2. The van der Waals surface area contributed by atoms with E-state index in [0.29, 0.717) is 18.0 Å². The van der Waals surface area contributed by atoms with Gasteiger partial charge in [0.1, 0.15) is 12.2 Å². The molecule has 6 nitrogen and oxygen atoms in total. The molecule has 0 aromatic heterocycles. The monoisotopic (exact) mass is 583 g/mol. The van der Waals surface area contributed by atoms with Gasteiger partial charge in [-0.1, -0.05) is 54.2 Å². The highest BCUT2D eigenvalue weighted by molar-refractivity contribution is 7.99. The molecule has 1 N–H and O–H groups in total. The normalized spacial score (nSPS) is 28.6. The molecule has 1 fully saturated rings. The van der Waals surface area contributed by atoms with Crippen LogP contribution < -0.4 is 14.4 Å². The number of aliphatic hydroxyl groups is 1. The third kappa shape index (κ3) is 4.20. The Morgan fingerprint density at radius 1 is 1.05 bits per heavy atom. The summed E-state index contributed by atoms with van der Waals surface area (Å²) in [4.78, 5) is 9.88. The Hall–Kier alpha value is -2.97. The van der Waals surface area contributed by atoms with Gasteiger partial charge in [-0.2, -0.15) is 0 Å². The number of aliphatic hydroxyl groups excluding tert-OH is 1. The van der Waals surface area contributed by atoms with Crippen LogP contribution in [0.4, 0.5) is 11.4 Å². The highest BCUT2D eigenvalue weighted by atomic mass is 32.2. The maximum Gasteiger partial charge on any atom is 0.165 e. The van der Waals surface area contributed by atoms with Crippen LogP contribution in [0, 0.1) is 5.92 Å². The zero-order valence-corrected chi connectivity index (χ0v) is 26.0. The van der Waals surface area contributed by atoms with Crippen LogP contribution in [0.3, 0.4) is 0 Å². The smallest absolute Gasteiger partial charge is 0.165 e. The summed E-state index contributed by atoms with van der Waals surface area (Å²) < 4.78 is 11.8. The van der Waals surface area contributed by atoms with Gasteiger partial charge >= 0.3 is 0 Å². The Balaban J connectivity index is 0.000000138. The second kappa shape index (κ2) is 10.6. The molecule has 1 saturated heterocycles. The highest BCUT2D eigenvalue weighted by Gasteiger charge is 2.64. The molecule has 7 heteroatoms. The number of fused-ring (bicyclic) bond motifs is 2. The van der Waals surface area contributed by atoms with Gasteiger partial charge in [-0.3, -0.25) is 0 Å². The van der Waals surface area contributed by atoms with E-state index in [-0.39, 0.29) is 11.5 Å². The van der Waals surface area contributed by atoms with Gasteiger partial charge in [0.2, 0.25) is 0 Å². The molecule has 8 rings (SSSR count). The lowest BCUT2D eigenvalue weighted by Crippen LogP contribution is -2.64. The van der Waals surface area contributed by atoms with E-state index in [0.717, 1.165) is 37.4 Å². The topological polar surface area (TPSA) is 48.4 Å². The lowest BCUT2D eigenvalue weighted by atomic mass is 9.53. The van der Waals surface area contributed by atoms with Crippen LogP contribution >= 0.6 is 11.8 Å². The molecule has 3 aliphatic heterocycles. The lowest BCUT2D eigenvalue weighted by Gasteiger charge is -2.56. The van der Waals surface area contributed by atoms with Gasteiger partial charge in [-0.25, -0.2) is 0 Å².